The molecule has 1 aliphatic rings. The van der Waals surface area contributed by atoms with E-state index in [2.05, 4.69) is 15.3 Å². The van der Waals surface area contributed by atoms with Crippen LogP contribution in [0, 0.1) is 6.92 Å². The van der Waals surface area contributed by atoms with Crippen LogP contribution in [0.2, 0.25) is 0 Å². The zero-order valence-corrected chi connectivity index (χ0v) is 14.0. The summed E-state index contributed by atoms with van der Waals surface area (Å²) in [5.74, 6) is -0.415. The van der Waals surface area contributed by atoms with E-state index >= 15 is 0 Å². The Morgan fingerprint density at radius 1 is 1.16 bits per heavy atom. The van der Waals surface area contributed by atoms with E-state index in [1.165, 1.54) is 0 Å². The minimum atomic E-state index is -0.355. The van der Waals surface area contributed by atoms with Gasteiger partial charge in [0.1, 0.15) is 0 Å². The largest absolute Gasteiger partial charge is 0.356 e. The summed E-state index contributed by atoms with van der Waals surface area (Å²) in [5.41, 5.74) is 4.00. The first-order valence-electron chi connectivity index (χ1n) is 8.50. The van der Waals surface area contributed by atoms with Crippen LogP contribution in [0.5, 0.6) is 0 Å². The number of H-pyrrole nitrogens is 1. The lowest BCUT2D eigenvalue weighted by molar-refractivity contribution is -0.123. The van der Waals surface area contributed by atoms with E-state index in [0.717, 1.165) is 34.1 Å². The number of pyridine rings is 2. The third-order valence-electron chi connectivity index (χ3n) is 4.84. The molecular formula is C20H19N3O2. The summed E-state index contributed by atoms with van der Waals surface area (Å²) in [6.45, 7) is 2.72. The fourth-order valence-corrected chi connectivity index (χ4v) is 3.52. The number of nitrogens with one attached hydrogen (secondary N) is 2. The summed E-state index contributed by atoms with van der Waals surface area (Å²) in [5, 5.41) is 3.93. The zero-order chi connectivity index (χ0) is 17.4. The molecule has 126 valence electrons. The molecule has 3 aromatic rings. The van der Waals surface area contributed by atoms with E-state index in [1.54, 1.807) is 12.3 Å². The van der Waals surface area contributed by atoms with Gasteiger partial charge in [0.05, 0.1) is 11.4 Å². The Hall–Kier alpha value is -2.95. The summed E-state index contributed by atoms with van der Waals surface area (Å²) in [7, 11) is 0. The molecule has 0 aliphatic carbocycles. The molecule has 1 unspecified atom stereocenters. The normalized spacial score (nSPS) is 17.5. The van der Waals surface area contributed by atoms with Crippen molar-refractivity contribution >= 4 is 16.8 Å². The number of nitrogens with zero attached hydrogens (tertiary/aromatic N) is 1. The Labute approximate surface area is 145 Å². The number of aromatic nitrogens is 2. The molecule has 1 fully saturated rings. The number of hydrogen-bond acceptors (Lipinski definition) is 3. The molecule has 0 radical (unpaired) electrons. The minimum Gasteiger partial charge on any atom is -0.356 e. The number of amides is 1. The first kappa shape index (κ1) is 15.6. The zero-order valence-electron chi connectivity index (χ0n) is 14.0. The van der Waals surface area contributed by atoms with Gasteiger partial charge in [0.2, 0.25) is 5.91 Å². The first-order chi connectivity index (χ1) is 12.1. The molecular weight excluding hydrogens is 314 g/mol. The van der Waals surface area contributed by atoms with Crippen LogP contribution < -0.4 is 10.9 Å². The molecule has 0 saturated carbocycles. The van der Waals surface area contributed by atoms with Crippen LogP contribution in [0.25, 0.3) is 22.2 Å². The number of piperidine rings is 1. The smallest absolute Gasteiger partial charge is 0.252 e. The quantitative estimate of drug-likeness (QED) is 0.757. The molecule has 1 atom stereocenters. The van der Waals surface area contributed by atoms with E-state index in [4.69, 9.17) is 0 Å². The highest BCUT2D eigenvalue weighted by Crippen LogP contribution is 2.26. The summed E-state index contributed by atoms with van der Waals surface area (Å²) >= 11 is 0. The second kappa shape index (κ2) is 6.16. The lowest BCUT2D eigenvalue weighted by atomic mass is 9.91. The molecule has 1 aliphatic heterocycles. The number of aromatic amines is 1. The molecule has 3 heterocycles. The van der Waals surface area contributed by atoms with Gasteiger partial charge in [-0.3, -0.25) is 14.6 Å². The lowest BCUT2D eigenvalue weighted by Crippen LogP contribution is -2.37. The average Bonchev–Trinajstić information content (AvgIpc) is 2.62. The fourth-order valence-electron chi connectivity index (χ4n) is 3.52. The van der Waals surface area contributed by atoms with Gasteiger partial charge in [-0.25, -0.2) is 0 Å². The van der Waals surface area contributed by atoms with Crippen LogP contribution in [0.4, 0.5) is 0 Å². The number of hydrogen-bond donors (Lipinski definition) is 2. The predicted molar refractivity (Wildman–Crippen MR) is 97.5 cm³/mol. The summed E-state index contributed by atoms with van der Waals surface area (Å²) in [4.78, 5) is 31.9. The molecule has 1 amide bonds. The van der Waals surface area contributed by atoms with Gasteiger partial charge in [-0.1, -0.05) is 12.1 Å². The van der Waals surface area contributed by atoms with Crippen molar-refractivity contribution in [2.45, 2.75) is 25.7 Å². The Bertz CT molecular complexity index is 1020. The highest BCUT2D eigenvalue weighted by Gasteiger charge is 2.26. The number of fused-ring (bicyclic) bond motifs is 1. The minimum absolute atomic E-state index is 0.0600. The number of carbonyl (C=O) groups excluding carboxylic acids is 1. The molecule has 4 rings (SSSR count). The van der Waals surface area contributed by atoms with Gasteiger partial charge in [0.15, 0.2) is 0 Å². The monoisotopic (exact) mass is 333 g/mol. The van der Waals surface area contributed by atoms with Crippen LogP contribution in [0.1, 0.15) is 29.9 Å². The molecule has 1 aromatic carbocycles. The number of benzene rings is 1. The van der Waals surface area contributed by atoms with Crippen LogP contribution in [0.15, 0.2) is 47.4 Å². The lowest BCUT2D eigenvalue weighted by Gasteiger charge is -2.21. The van der Waals surface area contributed by atoms with Crippen LogP contribution in [0.3, 0.4) is 0 Å². The molecule has 1 saturated heterocycles. The maximum atomic E-state index is 12.6. The maximum absolute atomic E-state index is 12.6. The molecule has 2 N–H and O–H groups in total. The molecule has 5 heteroatoms. The number of aryl methyl sites for hydroxylation is 1. The van der Waals surface area contributed by atoms with Gasteiger partial charge in [-0.2, -0.15) is 0 Å². The SMILES string of the molecule is Cc1cc(-c2ccc(C3CCCNC3=O)c(=O)[nH]2)cc2ncccc12. The van der Waals surface area contributed by atoms with Crippen molar-refractivity contribution in [3.05, 3.63) is 64.1 Å². The van der Waals surface area contributed by atoms with Crippen LogP contribution in [-0.4, -0.2) is 22.4 Å². The van der Waals surface area contributed by atoms with Crippen molar-refractivity contribution in [3.63, 3.8) is 0 Å². The predicted octanol–water partition coefficient (Wildman–Crippen LogP) is 2.89. The van der Waals surface area contributed by atoms with Gasteiger partial charge >= 0.3 is 0 Å². The molecule has 2 aromatic heterocycles. The second-order valence-corrected chi connectivity index (χ2v) is 6.51. The molecule has 0 bridgehead atoms. The van der Waals surface area contributed by atoms with E-state index in [1.807, 2.05) is 37.3 Å². The standard InChI is InChI=1S/C20H19N3O2/c1-12-10-13(11-18-14(12)4-2-8-21-18)17-7-6-16(20(25)23-17)15-5-3-9-22-19(15)24/h2,4,6-8,10-11,15H,3,5,9H2,1H3,(H,22,24)(H,23,25). The van der Waals surface area contributed by atoms with Gasteiger partial charge in [0, 0.05) is 34.9 Å². The van der Waals surface area contributed by atoms with Gasteiger partial charge < -0.3 is 10.3 Å². The number of rotatable bonds is 2. The molecule has 0 spiro atoms. The highest BCUT2D eigenvalue weighted by molar-refractivity contribution is 5.87. The van der Waals surface area contributed by atoms with Crippen LogP contribution in [-0.2, 0) is 4.79 Å². The maximum Gasteiger partial charge on any atom is 0.252 e. The van der Waals surface area contributed by atoms with Crippen molar-refractivity contribution in [1.82, 2.24) is 15.3 Å². The Kier molecular flexibility index (Phi) is 3.84. The first-order valence-corrected chi connectivity index (χ1v) is 8.50. The highest BCUT2D eigenvalue weighted by atomic mass is 16.2. The van der Waals surface area contributed by atoms with Gasteiger partial charge in [0.25, 0.3) is 5.56 Å². The Morgan fingerprint density at radius 2 is 2.04 bits per heavy atom. The fraction of sp³-hybridized carbons (Fsp3) is 0.250. The molecule has 25 heavy (non-hydrogen) atoms. The van der Waals surface area contributed by atoms with E-state index in [-0.39, 0.29) is 17.4 Å². The second-order valence-electron chi connectivity index (χ2n) is 6.51. The molecule has 5 nitrogen and oxygen atoms in total. The van der Waals surface area contributed by atoms with Gasteiger partial charge in [-0.15, -0.1) is 0 Å². The summed E-state index contributed by atoms with van der Waals surface area (Å²) in [6.07, 6.45) is 3.37. The average molecular weight is 333 g/mol. The van der Waals surface area contributed by atoms with Crippen molar-refractivity contribution in [1.29, 1.82) is 0 Å². The van der Waals surface area contributed by atoms with Gasteiger partial charge in [-0.05, 0) is 49.6 Å². The van der Waals surface area contributed by atoms with E-state index in [0.29, 0.717) is 18.5 Å². The Morgan fingerprint density at radius 3 is 2.84 bits per heavy atom. The Balaban J connectivity index is 1.76. The van der Waals surface area contributed by atoms with Crippen molar-refractivity contribution < 1.29 is 4.79 Å². The topological polar surface area (TPSA) is 74.8 Å². The third-order valence-corrected chi connectivity index (χ3v) is 4.84. The van der Waals surface area contributed by atoms with Crippen LogP contribution >= 0.6 is 0 Å². The van der Waals surface area contributed by atoms with E-state index < -0.39 is 0 Å². The summed E-state index contributed by atoms with van der Waals surface area (Å²) in [6, 6.07) is 11.6. The third kappa shape index (κ3) is 2.82. The van der Waals surface area contributed by atoms with Crippen molar-refractivity contribution in [2.75, 3.05) is 6.54 Å². The number of carbonyl (C=O) groups is 1. The van der Waals surface area contributed by atoms with Crippen molar-refractivity contribution in [3.8, 4) is 11.3 Å². The van der Waals surface area contributed by atoms with E-state index in [9.17, 15) is 9.59 Å². The summed E-state index contributed by atoms with van der Waals surface area (Å²) < 4.78 is 0. The van der Waals surface area contributed by atoms with Crippen molar-refractivity contribution in [2.24, 2.45) is 0 Å².